The van der Waals surface area contributed by atoms with E-state index in [1.54, 1.807) is 22.9 Å². The van der Waals surface area contributed by atoms with Crippen LogP contribution in [0.1, 0.15) is 28.8 Å². The van der Waals surface area contributed by atoms with Gasteiger partial charge in [0, 0.05) is 29.6 Å². The zero-order valence-corrected chi connectivity index (χ0v) is 13.4. The topological polar surface area (TPSA) is 78.0 Å². The van der Waals surface area contributed by atoms with E-state index in [0.717, 1.165) is 11.3 Å². The Morgan fingerprint density at radius 3 is 2.84 bits per heavy atom. The van der Waals surface area contributed by atoms with Gasteiger partial charge in [0.05, 0.1) is 5.39 Å². The Bertz CT molecular complexity index is 1110. The third-order valence-corrected chi connectivity index (χ3v) is 4.15. The molecule has 5 nitrogen and oxygen atoms in total. The van der Waals surface area contributed by atoms with Gasteiger partial charge in [-0.05, 0) is 43.2 Å². The first-order valence-electron chi connectivity index (χ1n) is 8.05. The summed E-state index contributed by atoms with van der Waals surface area (Å²) in [4.78, 5) is 28.4. The fraction of sp³-hybridized carbons (Fsp3) is 0.150. The lowest BCUT2D eigenvalue weighted by Crippen LogP contribution is -2.24. The molecule has 0 atom stereocenters. The maximum atomic E-state index is 12.4. The van der Waals surface area contributed by atoms with Crippen LogP contribution in [0.3, 0.4) is 0 Å². The van der Waals surface area contributed by atoms with Gasteiger partial charge in [0.2, 0.25) is 5.43 Å². The van der Waals surface area contributed by atoms with E-state index in [9.17, 15) is 9.59 Å². The quantitative estimate of drug-likeness (QED) is 0.733. The summed E-state index contributed by atoms with van der Waals surface area (Å²) in [6, 6.07) is 10.9. The minimum Gasteiger partial charge on any atom is -0.365 e. The summed E-state index contributed by atoms with van der Waals surface area (Å²) in [6.45, 7) is 0. The minimum atomic E-state index is -0.755. The molecule has 4 rings (SSSR count). The fourth-order valence-corrected chi connectivity index (χ4v) is 2.68. The Balaban J connectivity index is 1.93. The summed E-state index contributed by atoms with van der Waals surface area (Å²) < 4.78 is 1.71. The maximum absolute atomic E-state index is 12.4. The van der Waals surface area contributed by atoms with Crippen molar-refractivity contribution in [3.8, 4) is 17.5 Å². The van der Waals surface area contributed by atoms with Gasteiger partial charge in [0.25, 0.3) is 5.91 Å². The molecule has 0 unspecified atom stereocenters. The first kappa shape index (κ1) is 15.2. The van der Waals surface area contributed by atoms with Crippen LogP contribution in [0.5, 0.6) is 0 Å². The van der Waals surface area contributed by atoms with E-state index in [1.165, 1.54) is 19.0 Å². The number of hydrogen-bond acceptors (Lipinski definition) is 3. The van der Waals surface area contributed by atoms with Crippen LogP contribution in [0.2, 0.25) is 0 Å². The van der Waals surface area contributed by atoms with Gasteiger partial charge in [0.15, 0.2) is 0 Å². The molecule has 1 aliphatic carbocycles. The van der Waals surface area contributed by atoms with Gasteiger partial charge in [-0.3, -0.25) is 9.59 Å². The second-order valence-corrected chi connectivity index (χ2v) is 6.07. The molecule has 0 aliphatic heterocycles. The molecule has 2 aromatic heterocycles. The molecule has 2 heterocycles. The van der Waals surface area contributed by atoms with E-state index in [0.29, 0.717) is 17.0 Å². The van der Waals surface area contributed by atoms with Crippen molar-refractivity contribution < 1.29 is 4.79 Å². The number of carbonyl (C=O) groups is 1. The maximum Gasteiger partial charge on any atom is 0.254 e. The Labute approximate surface area is 144 Å². The van der Waals surface area contributed by atoms with Gasteiger partial charge in [0.1, 0.15) is 11.2 Å². The largest absolute Gasteiger partial charge is 0.365 e. The molecule has 1 aliphatic rings. The highest BCUT2D eigenvalue weighted by Crippen LogP contribution is 2.27. The zero-order valence-electron chi connectivity index (χ0n) is 13.4. The lowest BCUT2D eigenvalue weighted by atomic mass is 10.1. The number of hydrogen-bond donors (Lipinski definition) is 1. The molecule has 1 aromatic carbocycles. The van der Waals surface area contributed by atoms with Gasteiger partial charge in [-0.2, -0.15) is 0 Å². The van der Waals surface area contributed by atoms with Crippen LogP contribution in [0, 0.1) is 17.8 Å². The highest BCUT2D eigenvalue weighted by atomic mass is 16.2. The van der Waals surface area contributed by atoms with Crippen LogP contribution in [0.4, 0.5) is 0 Å². The van der Waals surface area contributed by atoms with E-state index in [2.05, 4.69) is 16.8 Å². The molecule has 2 N–H and O–H groups in total. The van der Waals surface area contributed by atoms with Crippen LogP contribution in [-0.4, -0.2) is 15.5 Å². The smallest absolute Gasteiger partial charge is 0.254 e. The molecule has 0 radical (unpaired) electrons. The lowest BCUT2D eigenvalue weighted by molar-refractivity contribution is 0.0999. The number of aromatic nitrogens is 2. The van der Waals surface area contributed by atoms with Crippen molar-refractivity contribution in [3.05, 3.63) is 70.1 Å². The number of amides is 1. The van der Waals surface area contributed by atoms with Crippen LogP contribution in [-0.2, 0) is 0 Å². The molecule has 5 heteroatoms. The summed E-state index contributed by atoms with van der Waals surface area (Å²) in [5.41, 5.74) is 7.04. The summed E-state index contributed by atoms with van der Waals surface area (Å²) in [5.74, 6) is 6.16. The molecule has 0 spiro atoms. The third kappa shape index (κ3) is 2.90. The molecule has 0 saturated heterocycles. The number of nitrogens with zero attached hydrogens (tertiary/aromatic N) is 2. The standard InChI is InChI=1S/C20H15N3O2/c21-19(25)17-12-23(20-16(18(17)24)5-2-10-22-20)15-4-1-3-14(11-15)9-8-13-6-7-13/h1-5,10-13H,6-7H2,(H2,21,25). The molecular weight excluding hydrogens is 314 g/mol. The van der Waals surface area contributed by atoms with Gasteiger partial charge >= 0.3 is 0 Å². The van der Waals surface area contributed by atoms with Crippen molar-refractivity contribution in [2.24, 2.45) is 11.7 Å². The predicted octanol–water partition coefficient (Wildman–Crippen LogP) is 2.25. The van der Waals surface area contributed by atoms with E-state index < -0.39 is 11.3 Å². The number of pyridine rings is 2. The summed E-state index contributed by atoms with van der Waals surface area (Å²) in [7, 11) is 0. The number of fused-ring (bicyclic) bond motifs is 1. The van der Waals surface area contributed by atoms with Crippen molar-refractivity contribution >= 4 is 16.9 Å². The van der Waals surface area contributed by atoms with E-state index in [4.69, 9.17) is 5.73 Å². The molecule has 1 amide bonds. The third-order valence-electron chi connectivity index (χ3n) is 4.15. The second-order valence-electron chi connectivity index (χ2n) is 6.07. The van der Waals surface area contributed by atoms with Gasteiger partial charge in [-0.15, -0.1) is 0 Å². The Kier molecular flexibility index (Phi) is 3.58. The average Bonchev–Trinajstić information content (AvgIpc) is 3.45. The fourth-order valence-electron chi connectivity index (χ4n) is 2.68. The van der Waals surface area contributed by atoms with Crippen LogP contribution < -0.4 is 11.2 Å². The SMILES string of the molecule is NC(=O)c1cn(-c2cccc(C#CC3CC3)c2)c2ncccc2c1=O. The van der Waals surface area contributed by atoms with E-state index in [-0.39, 0.29) is 5.56 Å². The average molecular weight is 329 g/mol. The Morgan fingerprint density at radius 2 is 2.08 bits per heavy atom. The number of benzene rings is 1. The molecule has 25 heavy (non-hydrogen) atoms. The number of carbonyl (C=O) groups excluding carboxylic acids is 1. The van der Waals surface area contributed by atoms with Gasteiger partial charge in [-0.1, -0.05) is 17.9 Å². The van der Waals surface area contributed by atoms with Crippen molar-refractivity contribution in [2.75, 3.05) is 0 Å². The zero-order chi connectivity index (χ0) is 17.4. The van der Waals surface area contributed by atoms with Crippen LogP contribution in [0.25, 0.3) is 16.7 Å². The highest BCUT2D eigenvalue weighted by Gasteiger charge is 2.18. The van der Waals surface area contributed by atoms with Gasteiger partial charge in [-0.25, -0.2) is 4.98 Å². The monoisotopic (exact) mass is 329 g/mol. The summed E-state index contributed by atoms with van der Waals surface area (Å²) in [6.07, 6.45) is 5.40. The van der Waals surface area contributed by atoms with Crippen molar-refractivity contribution in [1.82, 2.24) is 9.55 Å². The van der Waals surface area contributed by atoms with Crippen LogP contribution in [0.15, 0.2) is 53.6 Å². The van der Waals surface area contributed by atoms with Crippen molar-refractivity contribution in [2.45, 2.75) is 12.8 Å². The number of rotatable bonds is 2. The first-order valence-corrected chi connectivity index (χ1v) is 8.05. The normalized spacial score (nSPS) is 13.3. The van der Waals surface area contributed by atoms with Crippen molar-refractivity contribution in [1.29, 1.82) is 0 Å². The summed E-state index contributed by atoms with van der Waals surface area (Å²) >= 11 is 0. The first-order chi connectivity index (χ1) is 12.1. The lowest BCUT2D eigenvalue weighted by Gasteiger charge is -2.12. The molecule has 0 bridgehead atoms. The molecule has 122 valence electrons. The molecule has 1 fully saturated rings. The van der Waals surface area contributed by atoms with E-state index in [1.807, 2.05) is 24.3 Å². The number of primary amides is 1. The predicted molar refractivity (Wildman–Crippen MR) is 95.5 cm³/mol. The summed E-state index contributed by atoms with van der Waals surface area (Å²) in [5, 5.41) is 0.355. The molecule has 3 aromatic rings. The minimum absolute atomic E-state index is 0.0602. The van der Waals surface area contributed by atoms with Crippen LogP contribution >= 0.6 is 0 Å². The Hall–Kier alpha value is -3.39. The Morgan fingerprint density at radius 1 is 1.24 bits per heavy atom. The second kappa shape index (κ2) is 5.91. The molecule has 1 saturated carbocycles. The number of nitrogens with two attached hydrogens (primary N) is 1. The molecular formula is C20H15N3O2. The highest BCUT2D eigenvalue weighted by molar-refractivity contribution is 5.96. The van der Waals surface area contributed by atoms with E-state index >= 15 is 0 Å². The van der Waals surface area contributed by atoms with Gasteiger partial charge < -0.3 is 10.3 Å². The van der Waals surface area contributed by atoms with Crippen molar-refractivity contribution in [3.63, 3.8) is 0 Å².